The fourth-order valence-corrected chi connectivity index (χ4v) is 6.08. The molecule has 2 atom stereocenters. The van der Waals surface area contributed by atoms with Crippen LogP contribution in [-0.2, 0) is 6.54 Å². The van der Waals surface area contributed by atoms with Crippen molar-refractivity contribution in [3.05, 3.63) is 59.3 Å². The van der Waals surface area contributed by atoms with Crippen LogP contribution < -0.4 is 10.2 Å². The molecule has 196 valence electrons. The van der Waals surface area contributed by atoms with Crippen LogP contribution in [0.5, 0.6) is 0 Å². The molecular weight excluding hydrogens is 485 g/mol. The van der Waals surface area contributed by atoms with Crippen molar-refractivity contribution >= 4 is 17.2 Å². The van der Waals surface area contributed by atoms with E-state index in [1.807, 2.05) is 0 Å². The summed E-state index contributed by atoms with van der Waals surface area (Å²) in [5.74, 6) is -0.832. The van der Waals surface area contributed by atoms with Gasteiger partial charge >= 0.3 is 0 Å². The van der Waals surface area contributed by atoms with Gasteiger partial charge in [0.05, 0.1) is 23.4 Å². The highest BCUT2D eigenvalue weighted by molar-refractivity contribution is 5.96. The zero-order valence-electron chi connectivity index (χ0n) is 20.3. The molecule has 1 amide bonds. The molecule has 2 saturated heterocycles. The summed E-state index contributed by atoms with van der Waals surface area (Å²) >= 11 is 0. The van der Waals surface area contributed by atoms with Crippen LogP contribution in [0.4, 0.5) is 18.9 Å². The van der Waals surface area contributed by atoms with Gasteiger partial charge in [0.1, 0.15) is 12.1 Å². The van der Waals surface area contributed by atoms with E-state index in [9.17, 15) is 23.1 Å². The number of hydrogen-bond acceptors (Lipinski definition) is 6. The number of nitrogens with one attached hydrogen (secondary N) is 1. The van der Waals surface area contributed by atoms with Crippen molar-refractivity contribution in [3.63, 3.8) is 0 Å². The second kappa shape index (κ2) is 9.29. The van der Waals surface area contributed by atoms with E-state index in [0.717, 1.165) is 57.2 Å². The topological polar surface area (TPSA) is 86.0 Å². The lowest BCUT2D eigenvalue weighted by molar-refractivity contribution is 0.0950. The quantitative estimate of drug-likeness (QED) is 0.504. The van der Waals surface area contributed by atoms with Gasteiger partial charge in [-0.1, -0.05) is 18.2 Å². The van der Waals surface area contributed by atoms with Crippen LogP contribution >= 0.6 is 0 Å². The minimum atomic E-state index is -2.93. The van der Waals surface area contributed by atoms with Crippen LogP contribution in [0.3, 0.4) is 0 Å². The third kappa shape index (κ3) is 4.33. The number of pyridine rings is 1. The van der Waals surface area contributed by atoms with Gasteiger partial charge in [0.25, 0.3) is 12.3 Å². The molecule has 2 aromatic heterocycles. The van der Waals surface area contributed by atoms with Crippen LogP contribution in [0.25, 0.3) is 5.65 Å². The lowest BCUT2D eigenvalue weighted by Crippen LogP contribution is -2.45. The van der Waals surface area contributed by atoms with Gasteiger partial charge in [-0.05, 0) is 31.2 Å². The third-order valence-corrected chi connectivity index (χ3v) is 8.37. The number of amides is 1. The average molecular weight is 515 g/mol. The van der Waals surface area contributed by atoms with E-state index in [2.05, 4.69) is 25.2 Å². The largest absolute Gasteiger partial charge is 0.396 e. The normalized spacial score (nSPS) is 24.1. The smallest absolute Gasteiger partial charge is 0.266 e. The Morgan fingerprint density at radius 2 is 2.08 bits per heavy atom. The van der Waals surface area contributed by atoms with Crippen molar-refractivity contribution in [2.24, 2.45) is 11.3 Å². The maximum Gasteiger partial charge on any atom is 0.266 e. The van der Waals surface area contributed by atoms with Crippen LogP contribution in [0.2, 0.25) is 0 Å². The molecule has 0 spiro atoms. The van der Waals surface area contributed by atoms with E-state index in [1.54, 1.807) is 16.8 Å². The number of nitrogens with zero attached hydrogens (tertiary/aromatic N) is 5. The summed E-state index contributed by atoms with van der Waals surface area (Å²) in [5.41, 5.74) is 1.22. The summed E-state index contributed by atoms with van der Waals surface area (Å²) in [6, 6.07) is 6.01. The number of aliphatic hydroxyl groups excluding tert-OH is 1. The Balaban J connectivity index is 1.15. The average Bonchev–Trinajstić information content (AvgIpc) is 3.22. The number of carbonyl (C=O) groups is 1. The molecule has 6 rings (SSSR count). The summed E-state index contributed by atoms with van der Waals surface area (Å²) in [5, 5.41) is 16.6. The van der Waals surface area contributed by atoms with Gasteiger partial charge in [-0.2, -0.15) is 5.10 Å². The highest BCUT2D eigenvalue weighted by Crippen LogP contribution is 2.58. The Morgan fingerprint density at radius 1 is 1.27 bits per heavy atom. The Kier molecular flexibility index (Phi) is 6.07. The number of hydrogen-bond donors (Lipinski definition) is 2. The molecule has 2 N–H and O–H groups in total. The van der Waals surface area contributed by atoms with Gasteiger partial charge in [-0.15, -0.1) is 0 Å². The summed E-state index contributed by atoms with van der Waals surface area (Å²) in [6.45, 7) is 3.71. The number of carbonyl (C=O) groups excluding carboxylic acids is 1. The van der Waals surface area contributed by atoms with Gasteiger partial charge in [0.2, 0.25) is 0 Å². The number of piperidine rings is 2. The van der Waals surface area contributed by atoms with Gasteiger partial charge in [-0.3, -0.25) is 9.69 Å². The van der Waals surface area contributed by atoms with Crippen LogP contribution in [0.1, 0.15) is 47.2 Å². The van der Waals surface area contributed by atoms with Crippen molar-refractivity contribution in [1.82, 2.24) is 24.8 Å². The Hall–Kier alpha value is -3.18. The van der Waals surface area contributed by atoms with Crippen molar-refractivity contribution in [3.8, 4) is 0 Å². The van der Waals surface area contributed by atoms with Crippen LogP contribution in [-0.4, -0.2) is 69.3 Å². The van der Waals surface area contributed by atoms with Crippen molar-refractivity contribution in [2.45, 2.75) is 38.3 Å². The van der Waals surface area contributed by atoms with E-state index >= 15 is 0 Å². The molecule has 8 nitrogen and oxygen atoms in total. The molecule has 3 fully saturated rings. The van der Waals surface area contributed by atoms with Crippen molar-refractivity contribution in [2.75, 3.05) is 37.7 Å². The standard InChI is InChI=1S/C26H29F3N6O2/c27-22-16(2-1-3-20(22)23(28)29)10-30-25(37)17-8-21(24-31-15-32-35(24)11-17)33-6-4-19(5-7-33)34-12-18-9-26(18,13-34)14-36/h1-3,8,11,15,18-19,23,36H,4-7,9-10,12-14H2,(H,30,37). The predicted octanol–water partition coefficient (Wildman–Crippen LogP) is 3.02. The predicted molar refractivity (Wildman–Crippen MR) is 130 cm³/mol. The van der Waals surface area contributed by atoms with Crippen molar-refractivity contribution < 1.29 is 23.1 Å². The minimum absolute atomic E-state index is 0.00203. The number of alkyl halides is 2. The molecule has 0 bridgehead atoms. The molecule has 1 aromatic carbocycles. The van der Waals surface area contributed by atoms with Crippen LogP contribution in [0.15, 0.2) is 36.8 Å². The Bertz CT molecular complexity index is 1320. The summed E-state index contributed by atoms with van der Waals surface area (Å²) < 4.78 is 42.0. The number of halogens is 3. The molecule has 1 aliphatic carbocycles. The minimum Gasteiger partial charge on any atom is -0.396 e. The number of aromatic nitrogens is 3. The van der Waals surface area contributed by atoms with E-state index < -0.39 is 23.7 Å². The first kappa shape index (κ1) is 24.2. The van der Waals surface area contributed by atoms with Crippen LogP contribution in [0, 0.1) is 17.2 Å². The Morgan fingerprint density at radius 3 is 2.81 bits per heavy atom. The zero-order valence-corrected chi connectivity index (χ0v) is 20.3. The molecule has 3 aliphatic rings. The van der Waals surface area contributed by atoms with Gasteiger partial charge < -0.3 is 15.3 Å². The summed E-state index contributed by atoms with van der Waals surface area (Å²) in [7, 11) is 0. The van der Waals surface area contributed by atoms with E-state index in [1.165, 1.54) is 18.5 Å². The fraction of sp³-hybridized carbons (Fsp3) is 0.500. The van der Waals surface area contributed by atoms with Gasteiger partial charge in [-0.25, -0.2) is 22.7 Å². The number of likely N-dealkylation sites (tertiary alicyclic amines) is 1. The number of fused-ring (bicyclic) bond motifs is 2. The first-order valence-corrected chi connectivity index (χ1v) is 12.7. The zero-order chi connectivity index (χ0) is 25.7. The molecule has 4 heterocycles. The molecule has 0 radical (unpaired) electrons. The first-order chi connectivity index (χ1) is 17.9. The molecule has 2 aliphatic heterocycles. The monoisotopic (exact) mass is 514 g/mol. The lowest BCUT2D eigenvalue weighted by Gasteiger charge is -2.38. The highest BCUT2D eigenvalue weighted by Gasteiger charge is 2.60. The Labute approximate surface area is 212 Å². The summed E-state index contributed by atoms with van der Waals surface area (Å²) in [6.07, 6.45) is 3.16. The fourth-order valence-electron chi connectivity index (χ4n) is 6.08. The second-order valence-electron chi connectivity index (χ2n) is 10.5. The number of aliphatic hydroxyl groups is 1. The lowest BCUT2D eigenvalue weighted by atomic mass is 10.0. The first-order valence-electron chi connectivity index (χ1n) is 12.7. The molecule has 1 saturated carbocycles. The number of benzene rings is 1. The third-order valence-electron chi connectivity index (χ3n) is 8.37. The van der Waals surface area contributed by atoms with Gasteiger partial charge in [0, 0.05) is 55.9 Å². The maximum absolute atomic E-state index is 14.4. The van der Waals surface area contributed by atoms with E-state index in [4.69, 9.17) is 0 Å². The molecule has 2 unspecified atom stereocenters. The molecule has 37 heavy (non-hydrogen) atoms. The maximum atomic E-state index is 14.4. The second-order valence-corrected chi connectivity index (χ2v) is 10.5. The number of rotatable bonds is 7. The number of anilines is 1. The van der Waals surface area contributed by atoms with Crippen molar-refractivity contribution in [1.29, 1.82) is 0 Å². The highest BCUT2D eigenvalue weighted by atomic mass is 19.3. The molecular formula is C26H29F3N6O2. The van der Waals surface area contributed by atoms with E-state index in [0.29, 0.717) is 23.2 Å². The summed E-state index contributed by atoms with van der Waals surface area (Å²) in [4.78, 5) is 22.1. The van der Waals surface area contributed by atoms with E-state index in [-0.39, 0.29) is 24.1 Å². The SMILES string of the molecule is O=C(NCc1cccc(C(F)F)c1F)c1cc(N2CCC(N3CC4CC4(CO)C3)CC2)c2ncnn2c1. The van der Waals surface area contributed by atoms with Gasteiger partial charge in [0.15, 0.2) is 5.65 Å². The molecule has 11 heteroatoms. The molecule has 3 aromatic rings.